The first-order valence-electron chi connectivity index (χ1n) is 5.50. The molecule has 18 heavy (non-hydrogen) atoms. The van der Waals surface area contributed by atoms with Gasteiger partial charge in [-0.15, -0.1) is 0 Å². The van der Waals surface area contributed by atoms with Gasteiger partial charge >= 0.3 is 0 Å². The highest BCUT2D eigenvalue weighted by atomic mass is 79.9. The maximum atomic E-state index is 12.1. The fourth-order valence-corrected chi connectivity index (χ4v) is 2.01. The van der Waals surface area contributed by atoms with Gasteiger partial charge in [-0.2, -0.15) is 5.10 Å². The van der Waals surface area contributed by atoms with E-state index in [9.17, 15) is 4.79 Å². The van der Waals surface area contributed by atoms with Crippen LogP contribution in [0.5, 0.6) is 0 Å². The van der Waals surface area contributed by atoms with Gasteiger partial charge in [0.15, 0.2) is 0 Å². The Hall–Kier alpha value is -1.69. The molecule has 1 unspecified atom stereocenters. The number of aryl methyl sites for hydroxylation is 1. The maximum Gasteiger partial charge on any atom is 0.253 e. The van der Waals surface area contributed by atoms with Crippen molar-refractivity contribution in [3.8, 4) is 0 Å². The zero-order valence-electron chi connectivity index (χ0n) is 10.1. The Morgan fingerprint density at radius 3 is 2.94 bits per heavy atom. The van der Waals surface area contributed by atoms with Crippen molar-refractivity contribution < 1.29 is 4.79 Å². The molecular weight excluding hydrogens is 296 g/mol. The normalized spacial score (nSPS) is 12.2. The van der Waals surface area contributed by atoms with Gasteiger partial charge in [-0.3, -0.25) is 9.89 Å². The molecular formula is C12H13BrN4O. The Kier molecular flexibility index (Phi) is 3.76. The van der Waals surface area contributed by atoms with E-state index in [-0.39, 0.29) is 11.9 Å². The van der Waals surface area contributed by atoms with E-state index < -0.39 is 0 Å². The number of hydrogen-bond donors (Lipinski definition) is 2. The molecule has 0 aliphatic heterocycles. The largest absolute Gasteiger partial charge is 0.342 e. The van der Waals surface area contributed by atoms with Crippen molar-refractivity contribution in [3.05, 3.63) is 46.0 Å². The second kappa shape index (κ2) is 5.30. The van der Waals surface area contributed by atoms with Crippen LogP contribution in [-0.4, -0.2) is 21.1 Å². The number of carbonyl (C=O) groups excluding carboxylic acids is 1. The Morgan fingerprint density at radius 1 is 1.50 bits per heavy atom. The van der Waals surface area contributed by atoms with E-state index in [1.165, 1.54) is 6.33 Å². The number of nitrogens with zero attached hydrogens (tertiary/aromatic N) is 2. The molecule has 0 aliphatic rings. The lowest BCUT2D eigenvalue weighted by Gasteiger charge is -2.12. The van der Waals surface area contributed by atoms with Crippen molar-refractivity contribution >= 4 is 21.8 Å². The van der Waals surface area contributed by atoms with Crippen LogP contribution in [0.15, 0.2) is 29.0 Å². The standard InChI is InChI=1S/C12H13BrN4O/c1-7-3-4-10(13)9(5-7)12(18)16-8(2)11-14-6-15-17-11/h3-6,8H,1-2H3,(H,16,18)(H,14,15,17). The van der Waals surface area contributed by atoms with Gasteiger partial charge < -0.3 is 5.32 Å². The molecule has 0 bridgehead atoms. The van der Waals surface area contributed by atoms with E-state index in [1.54, 1.807) is 0 Å². The van der Waals surface area contributed by atoms with Crippen LogP contribution in [0, 0.1) is 6.92 Å². The number of benzene rings is 1. The number of H-pyrrole nitrogens is 1. The Bertz CT molecular complexity index is 553. The highest BCUT2D eigenvalue weighted by Gasteiger charge is 2.15. The van der Waals surface area contributed by atoms with E-state index in [1.807, 2.05) is 32.0 Å². The van der Waals surface area contributed by atoms with E-state index in [0.29, 0.717) is 11.4 Å². The molecule has 0 aliphatic carbocycles. The lowest BCUT2D eigenvalue weighted by atomic mass is 10.1. The Labute approximate surface area is 113 Å². The van der Waals surface area contributed by atoms with Gasteiger partial charge in [-0.25, -0.2) is 4.98 Å². The summed E-state index contributed by atoms with van der Waals surface area (Å²) in [7, 11) is 0. The number of aromatic amines is 1. The number of hydrogen-bond acceptors (Lipinski definition) is 3. The van der Waals surface area contributed by atoms with Crippen molar-refractivity contribution in [1.29, 1.82) is 0 Å². The third-order valence-electron chi connectivity index (χ3n) is 2.56. The van der Waals surface area contributed by atoms with Gasteiger partial charge in [0.1, 0.15) is 12.2 Å². The summed E-state index contributed by atoms with van der Waals surface area (Å²) in [5.74, 6) is 0.488. The second-order valence-electron chi connectivity index (χ2n) is 4.05. The third-order valence-corrected chi connectivity index (χ3v) is 3.25. The molecule has 2 rings (SSSR count). The van der Waals surface area contributed by atoms with E-state index in [4.69, 9.17) is 0 Å². The lowest BCUT2D eigenvalue weighted by molar-refractivity contribution is 0.0937. The van der Waals surface area contributed by atoms with E-state index in [2.05, 4.69) is 36.4 Å². The monoisotopic (exact) mass is 308 g/mol. The molecule has 2 aromatic rings. The maximum absolute atomic E-state index is 12.1. The topological polar surface area (TPSA) is 70.7 Å². The van der Waals surface area contributed by atoms with Crippen LogP contribution in [0.3, 0.4) is 0 Å². The van der Waals surface area contributed by atoms with Crippen molar-refractivity contribution in [1.82, 2.24) is 20.5 Å². The molecule has 2 N–H and O–H groups in total. The average Bonchev–Trinajstić information content (AvgIpc) is 2.85. The molecule has 1 heterocycles. The fraction of sp³-hybridized carbons (Fsp3) is 0.250. The molecule has 1 atom stereocenters. The van der Waals surface area contributed by atoms with Crippen LogP contribution in [-0.2, 0) is 0 Å². The summed E-state index contributed by atoms with van der Waals surface area (Å²) in [6.45, 7) is 3.80. The first kappa shape index (κ1) is 12.8. The van der Waals surface area contributed by atoms with Crippen LogP contribution >= 0.6 is 15.9 Å². The quantitative estimate of drug-likeness (QED) is 0.914. The molecule has 6 heteroatoms. The summed E-state index contributed by atoms with van der Waals surface area (Å²) in [4.78, 5) is 16.1. The smallest absolute Gasteiger partial charge is 0.253 e. The lowest BCUT2D eigenvalue weighted by Crippen LogP contribution is -2.27. The summed E-state index contributed by atoms with van der Waals surface area (Å²) in [6.07, 6.45) is 1.42. The van der Waals surface area contributed by atoms with Crippen LogP contribution in [0.1, 0.15) is 34.7 Å². The highest BCUT2D eigenvalue weighted by Crippen LogP contribution is 2.19. The molecule has 1 aromatic carbocycles. The summed E-state index contributed by atoms with van der Waals surface area (Å²) >= 11 is 3.37. The SMILES string of the molecule is Cc1ccc(Br)c(C(=O)NC(C)c2ncn[nH]2)c1. The summed E-state index contributed by atoms with van der Waals surface area (Å²) in [5.41, 5.74) is 1.65. The van der Waals surface area contributed by atoms with Crippen molar-refractivity contribution in [2.75, 3.05) is 0 Å². The van der Waals surface area contributed by atoms with Gasteiger partial charge in [0.2, 0.25) is 0 Å². The molecule has 1 amide bonds. The number of nitrogens with one attached hydrogen (secondary N) is 2. The fourth-order valence-electron chi connectivity index (χ4n) is 1.58. The van der Waals surface area contributed by atoms with E-state index >= 15 is 0 Å². The number of aromatic nitrogens is 3. The first-order valence-corrected chi connectivity index (χ1v) is 6.29. The van der Waals surface area contributed by atoms with Crippen LogP contribution in [0.4, 0.5) is 0 Å². The Balaban J connectivity index is 2.15. The molecule has 1 aromatic heterocycles. The Morgan fingerprint density at radius 2 is 2.28 bits per heavy atom. The van der Waals surface area contributed by atoms with Crippen LogP contribution in [0.2, 0.25) is 0 Å². The molecule has 0 fully saturated rings. The van der Waals surface area contributed by atoms with Crippen molar-refractivity contribution in [3.63, 3.8) is 0 Å². The number of amides is 1. The summed E-state index contributed by atoms with van der Waals surface area (Å²) in [6, 6.07) is 5.43. The van der Waals surface area contributed by atoms with Crippen LogP contribution < -0.4 is 5.32 Å². The van der Waals surface area contributed by atoms with Crippen LogP contribution in [0.25, 0.3) is 0 Å². The predicted molar refractivity (Wildman–Crippen MR) is 71.1 cm³/mol. The highest BCUT2D eigenvalue weighted by molar-refractivity contribution is 9.10. The number of rotatable bonds is 3. The van der Waals surface area contributed by atoms with Gasteiger partial charge in [-0.05, 0) is 41.9 Å². The summed E-state index contributed by atoms with van der Waals surface area (Å²) < 4.78 is 0.773. The minimum absolute atomic E-state index is 0.144. The zero-order chi connectivity index (χ0) is 13.1. The predicted octanol–water partition coefficient (Wildman–Crippen LogP) is 2.37. The van der Waals surface area contributed by atoms with Gasteiger partial charge in [0.05, 0.1) is 11.6 Å². The van der Waals surface area contributed by atoms with Crippen molar-refractivity contribution in [2.45, 2.75) is 19.9 Å². The first-order chi connectivity index (χ1) is 8.58. The molecule has 5 nitrogen and oxygen atoms in total. The van der Waals surface area contributed by atoms with Gasteiger partial charge in [0.25, 0.3) is 5.91 Å². The minimum Gasteiger partial charge on any atom is -0.342 e. The third kappa shape index (κ3) is 2.76. The molecule has 0 spiro atoms. The number of carbonyl (C=O) groups is 1. The van der Waals surface area contributed by atoms with Gasteiger partial charge in [-0.1, -0.05) is 11.6 Å². The number of halogens is 1. The molecule has 0 radical (unpaired) electrons. The van der Waals surface area contributed by atoms with Crippen molar-refractivity contribution in [2.24, 2.45) is 0 Å². The molecule has 0 saturated carbocycles. The van der Waals surface area contributed by atoms with E-state index in [0.717, 1.165) is 10.0 Å². The molecule has 0 saturated heterocycles. The second-order valence-corrected chi connectivity index (χ2v) is 4.90. The average molecular weight is 309 g/mol. The van der Waals surface area contributed by atoms with Gasteiger partial charge in [0, 0.05) is 4.47 Å². The summed E-state index contributed by atoms with van der Waals surface area (Å²) in [5, 5.41) is 9.35. The minimum atomic E-state index is -0.215. The zero-order valence-corrected chi connectivity index (χ0v) is 11.7. The molecule has 94 valence electrons.